The van der Waals surface area contributed by atoms with Gasteiger partial charge in [-0.1, -0.05) is 32.0 Å². The summed E-state index contributed by atoms with van der Waals surface area (Å²) in [4.78, 5) is 0. The van der Waals surface area contributed by atoms with Gasteiger partial charge in [0.05, 0.1) is 12.4 Å². The lowest BCUT2D eigenvalue weighted by atomic mass is 10.0. The van der Waals surface area contributed by atoms with Crippen molar-refractivity contribution in [2.45, 2.75) is 39.2 Å². The predicted octanol–water partition coefficient (Wildman–Crippen LogP) is 2.17. The van der Waals surface area contributed by atoms with Crippen molar-refractivity contribution in [3.8, 4) is 5.75 Å². The van der Waals surface area contributed by atoms with Crippen molar-refractivity contribution in [3.05, 3.63) is 29.8 Å². The fourth-order valence-corrected chi connectivity index (χ4v) is 2.69. The highest BCUT2D eigenvalue weighted by Crippen LogP contribution is 2.20. The second-order valence-electron chi connectivity index (χ2n) is 4.92. The van der Waals surface area contributed by atoms with Crippen LogP contribution in [0.1, 0.15) is 32.3 Å². The summed E-state index contributed by atoms with van der Waals surface area (Å²) in [5, 5.41) is 0. The van der Waals surface area contributed by atoms with Crippen molar-refractivity contribution in [2.24, 2.45) is 5.73 Å². The minimum atomic E-state index is -2.91. The Morgan fingerprint density at radius 1 is 1.25 bits per heavy atom. The molecule has 0 aliphatic heterocycles. The highest BCUT2D eigenvalue weighted by molar-refractivity contribution is 7.91. The first-order chi connectivity index (χ1) is 9.48. The van der Waals surface area contributed by atoms with Gasteiger partial charge in [0.25, 0.3) is 0 Å². The highest BCUT2D eigenvalue weighted by Gasteiger charge is 2.09. The molecule has 0 spiro atoms. The molecule has 0 aliphatic carbocycles. The normalized spacial score (nSPS) is 13.2. The number of hydrogen-bond acceptors (Lipinski definition) is 4. The van der Waals surface area contributed by atoms with Crippen LogP contribution in [-0.4, -0.2) is 32.6 Å². The Hall–Kier alpha value is -1.07. The Kier molecular flexibility index (Phi) is 7.02. The number of nitrogens with two attached hydrogens (primary N) is 1. The van der Waals surface area contributed by atoms with E-state index in [-0.39, 0.29) is 17.5 Å². The van der Waals surface area contributed by atoms with Crippen LogP contribution in [0, 0.1) is 0 Å². The minimum Gasteiger partial charge on any atom is -0.493 e. The number of ether oxygens (including phenoxy) is 1. The molecule has 1 unspecified atom stereocenters. The molecule has 114 valence electrons. The largest absolute Gasteiger partial charge is 0.493 e. The van der Waals surface area contributed by atoms with Gasteiger partial charge in [-0.3, -0.25) is 0 Å². The first kappa shape index (κ1) is 17.0. The molecule has 0 aromatic heterocycles. The van der Waals surface area contributed by atoms with E-state index in [1.807, 2.05) is 24.3 Å². The monoisotopic (exact) mass is 299 g/mol. The summed E-state index contributed by atoms with van der Waals surface area (Å²) < 4.78 is 28.5. The van der Waals surface area contributed by atoms with Crippen molar-refractivity contribution < 1.29 is 13.2 Å². The van der Waals surface area contributed by atoms with Crippen LogP contribution in [0.25, 0.3) is 0 Å². The smallest absolute Gasteiger partial charge is 0.150 e. The zero-order valence-corrected chi connectivity index (χ0v) is 13.2. The van der Waals surface area contributed by atoms with Crippen molar-refractivity contribution in [1.82, 2.24) is 0 Å². The zero-order valence-electron chi connectivity index (χ0n) is 12.3. The molecular formula is C15H25NO3S. The predicted molar refractivity (Wildman–Crippen MR) is 82.9 cm³/mol. The van der Waals surface area contributed by atoms with E-state index in [4.69, 9.17) is 10.5 Å². The molecule has 0 saturated heterocycles. The molecule has 0 heterocycles. The summed E-state index contributed by atoms with van der Waals surface area (Å²) in [5.74, 6) is 1.18. The van der Waals surface area contributed by atoms with Crippen molar-refractivity contribution in [1.29, 1.82) is 0 Å². The van der Waals surface area contributed by atoms with Gasteiger partial charge < -0.3 is 10.5 Å². The summed E-state index contributed by atoms with van der Waals surface area (Å²) in [6.07, 6.45) is 2.22. The van der Waals surface area contributed by atoms with Crippen LogP contribution in [-0.2, 0) is 16.3 Å². The van der Waals surface area contributed by atoms with E-state index in [1.54, 1.807) is 6.92 Å². The average Bonchev–Trinajstić information content (AvgIpc) is 2.45. The highest BCUT2D eigenvalue weighted by atomic mass is 32.2. The zero-order chi connectivity index (χ0) is 15.0. The van der Waals surface area contributed by atoms with Crippen LogP contribution in [0.15, 0.2) is 24.3 Å². The van der Waals surface area contributed by atoms with Gasteiger partial charge in [0, 0.05) is 11.8 Å². The molecule has 5 heteroatoms. The average molecular weight is 299 g/mol. The van der Waals surface area contributed by atoms with Crippen molar-refractivity contribution >= 4 is 9.84 Å². The lowest BCUT2D eigenvalue weighted by molar-refractivity contribution is 0.313. The molecule has 1 aromatic carbocycles. The third-order valence-electron chi connectivity index (χ3n) is 3.28. The first-order valence-electron chi connectivity index (χ1n) is 7.15. The van der Waals surface area contributed by atoms with E-state index in [0.717, 1.165) is 24.2 Å². The molecule has 4 nitrogen and oxygen atoms in total. The quantitative estimate of drug-likeness (QED) is 0.710. The number of para-hydroxylation sites is 1. The van der Waals surface area contributed by atoms with Gasteiger partial charge in [-0.15, -0.1) is 0 Å². The summed E-state index contributed by atoms with van der Waals surface area (Å²) in [7, 11) is -2.91. The van der Waals surface area contributed by atoms with Gasteiger partial charge in [-0.25, -0.2) is 8.42 Å². The van der Waals surface area contributed by atoms with Crippen LogP contribution < -0.4 is 10.5 Å². The van der Waals surface area contributed by atoms with Gasteiger partial charge in [0.1, 0.15) is 15.6 Å². The van der Waals surface area contributed by atoms with Crippen LogP contribution in [0.4, 0.5) is 0 Å². The third kappa shape index (κ3) is 5.92. The lowest BCUT2D eigenvalue weighted by Gasteiger charge is -2.14. The standard InChI is InChI=1S/C15H25NO3S/c1-3-14(16)12-13-8-5-6-9-15(13)19-10-7-11-20(17,18)4-2/h5-6,8-9,14H,3-4,7,10-12,16H2,1-2H3. The molecule has 0 bridgehead atoms. The maximum Gasteiger partial charge on any atom is 0.150 e. The number of rotatable bonds is 9. The second-order valence-corrected chi connectivity index (χ2v) is 7.39. The van der Waals surface area contributed by atoms with Crippen LogP contribution in [0.3, 0.4) is 0 Å². The van der Waals surface area contributed by atoms with Crippen LogP contribution in [0.5, 0.6) is 5.75 Å². The van der Waals surface area contributed by atoms with Crippen molar-refractivity contribution in [2.75, 3.05) is 18.1 Å². The van der Waals surface area contributed by atoms with E-state index in [1.165, 1.54) is 0 Å². The van der Waals surface area contributed by atoms with Gasteiger partial charge in [-0.2, -0.15) is 0 Å². The van der Waals surface area contributed by atoms with Crippen LogP contribution >= 0.6 is 0 Å². The Morgan fingerprint density at radius 3 is 2.60 bits per heavy atom. The molecular weight excluding hydrogens is 274 g/mol. The third-order valence-corrected chi connectivity index (χ3v) is 5.07. The lowest BCUT2D eigenvalue weighted by Crippen LogP contribution is -2.21. The molecule has 0 saturated carbocycles. The fraction of sp³-hybridized carbons (Fsp3) is 0.600. The first-order valence-corrected chi connectivity index (χ1v) is 8.97. The summed E-state index contributed by atoms with van der Waals surface area (Å²) >= 11 is 0. The molecule has 0 fully saturated rings. The summed E-state index contributed by atoms with van der Waals surface area (Å²) in [6, 6.07) is 7.92. The second kappa shape index (κ2) is 8.27. The Bertz CT molecular complexity index is 500. The molecule has 1 aromatic rings. The Labute approximate surface area is 122 Å². The number of benzene rings is 1. The molecule has 0 amide bonds. The fourth-order valence-electron chi connectivity index (χ4n) is 1.85. The molecule has 0 aliphatic rings. The van der Waals surface area contributed by atoms with Gasteiger partial charge >= 0.3 is 0 Å². The van der Waals surface area contributed by atoms with E-state index in [0.29, 0.717) is 13.0 Å². The number of hydrogen-bond donors (Lipinski definition) is 1. The van der Waals surface area contributed by atoms with Gasteiger partial charge in [-0.05, 0) is 30.9 Å². The molecule has 1 atom stereocenters. The topological polar surface area (TPSA) is 69.4 Å². The SMILES string of the molecule is CCC(N)Cc1ccccc1OCCCS(=O)(=O)CC. The Balaban J connectivity index is 2.51. The summed E-state index contributed by atoms with van der Waals surface area (Å²) in [5.41, 5.74) is 7.05. The van der Waals surface area contributed by atoms with E-state index < -0.39 is 9.84 Å². The minimum absolute atomic E-state index is 0.125. The molecule has 20 heavy (non-hydrogen) atoms. The molecule has 0 radical (unpaired) electrons. The maximum absolute atomic E-state index is 11.4. The van der Waals surface area contributed by atoms with E-state index in [9.17, 15) is 8.42 Å². The maximum atomic E-state index is 11.4. The molecule has 2 N–H and O–H groups in total. The molecule has 1 rings (SSSR count). The Morgan fingerprint density at radius 2 is 1.95 bits per heavy atom. The number of sulfone groups is 1. The van der Waals surface area contributed by atoms with Crippen LogP contribution in [0.2, 0.25) is 0 Å². The summed E-state index contributed by atoms with van der Waals surface area (Å²) in [6.45, 7) is 4.14. The van der Waals surface area contributed by atoms with Crippen molar-refractivity contribution in [3.63, 3.8) is 0 Å². The van der Waals surface area contributed by atoms with E-state index in [2.05, 4.69) is 6.92 Å². The van der Waals surface area contributed by atoms with Gasteiger partial charge in [0.2, 0.25) is 0 Å². The van der Waals surface area contributed by atoms with Gasteiger partial charge in [0.15, 0.2) is 0 Å². The van der Waals surface area contributed by atoms with E-state index >= 15 is 0 Å².